The van der Waals surface area contributed by atoms with Crippen LogP contribution >= 0.6 is 0 Å². The van der Waals surface area contributed by atoms with E-state index < -0.39 is 16.9 Å². The second kappa shape index (κ2) is 9.36. The number of rotatable bonds is 6. The lowest BCUT2D eigenvalue weighted by Crippen LogP contribution is -2.43. The molecule has 0 spiro atoms. The average Bonchev–Trinajstić information content (AvgIpc) is 2.87. The number of halogens is 1. The lowest BCUT2D eigenvalue weighted by atomic mass is 9.94. The molecule has 2 aromatic rings. The molecule has 1 saturated heterocycles. The second-order valence-corrected chi connectivity index (χ2v) is 8.00. The number of hydrogen-bond donors (Lipinski definition) is 2. The van der Waals surface area contributed by atoms with Gasteiger partial charge in [0.05, 0.1) is 5.60 Å². The predicted molar refractivity (Wildman–Crippen MR) is 109 cm³/mol. The summed E-state index contributed by atoms with van der Waals surface area (Å²) in [6, 6.07) is 7.48. The van der Waals surface area contributed by atoms with Crippen molar-refractivity contribution in [3.05, 3.63) is 68.7 Å². The number of nitrogens with zero attached hydrogens (tertiary/aromatic N) is 3. The van der Waals surface area contributed by atoms with Gasteiger partial charge in [0.2, 0.25) is 5.91 Å². The van der Waals surface area contributed by atoms with E-state index in [2.05, 4.69) is 4.98 Å². The van der Waals surface area contributed by atoms with Gasteiger partial charge in [-0.3, -0.25) is 24.0 Å². The molecule has 2 heterocycles. The summed E-state index contributed by atoms with van der Waals surface area (Å²) in [5, 5.41) is 11.1. The van der Waals surface area contributed by atoms with Crippen molar-refractivity contribution in [1.82, 2.24) is 19.4 Å². The Labute approximate surface area is 173 Å². The van der Waals surface area contributed by atoms with Gasteiger partial charge < -0.3 is 10.0 Å². The van der Waals surface area contributed by atoms with Crippen molar-refractivity contribution in [2.75, 3.05) is 26.7 Å². The Morgan fingerprint density at radius 2 is 1.93 bits per heavy atom. The first-order chi connectivity index (χ1) is 14.2. The molecule has 1 aromatic carbocycles. The molecule has 0 radical (unpaired) electrons. The maximum absolute atomic E-state index is 13.1. The number of aliphatic hydroxyl groups is 1. The van der Waals surface area contributed by atoms with Gasteiger partial charge in [0.1, 0.15) is 12.4 Å². The van der Waals surface area contributed by atoms with E-state index in [9.17, 15) is 23.9 Å². The first-order valence-corrected chi connectivity index (χ1v) is 9.97. The van der Waals surface area contributed by atoms with Crippen molar-refractivity contribution in [2.45, 2.75) is 38.0 Å². The number of benzene rings is 1. The number of nitrogens with one attached hydrogen (secondary N) is 1. The van der Waals surface area contributed by atoms with Gasteiger partial charge in [0.15, 0.2) is 0 Å². The molecule has 1 unspecified atom stereocenters. The topological polar surface area (TPSA) is 98.6 Å². The van der Waals surface area contributed by atoms with Gasteiger partial charge in [0.25, 0.3) is 5.56 Å². The fraction of sp³-hybridized carbons (Fsp3) is 0.476. The summed E-state index contributed by atoms with van der Waals surface area (Å²) in [7, 11) is 1.90. The Balaban J connectivity index is 1.56. The van der Waals surface area contributed by atoms with Gasteiger partial charge in [-0.15, -0.1) is 0 Å². The van der Waals surface area contributed by atoms with Crippen LogP contribution in [-0.2, 0) is 17.9 Å². The molecule has 1 aliphatic rings. The third kappa shape index (κ3) is 5.87. The van der Waals surface area contributed by atoms with E-state index >= 15 is 0 Å². The number of H-pyrrole nitrogens is 1. The highest BCUT2D eigenvalue weighted by Gasteiger charge is 2.32. The quantitative estimate of drug-likeness (QED) is 0.714. The average molecular weight is 418 g/mol. The van der Waals surface area contributed by atoms with Crippen LogP contribution in [0.25, 0.3) is 0 Å². The summed E-state index contributed by atoms with van der Waals surface area (Å²) >= 11 is 0. The first-order valence-electron chi connectivity index (χ1n) is 9.97. The van der Waals surface area contributed by atoms with Crippen LogP contribution in [0.5, 0.6) is 0 Å². The van der Waals surface area contributed by atoms with Gasteiger partial charge in [-0.2, -0.15) is 0 Å². The molecule has 0 saturated carbocycles. The molecule has 0 bridgehead atoms. The van der Waals surface area contributed by atoms with Crippen molar-refractivity contribution >= 4 is 5.91 Å². The molecule has 8 nitrogen and oxygen atoms in total. The predicted octanol–water partition coefficient (Wildman–Crippen LogP) is 0.551. The van der Waals surface area contributed by atoms with Crippen LogP contribution in [0.3, 0.4) is 0 Å². The minimum absolute atomic E-state index is 0.154. The van der Waals surface area contributed by atoms with E-state index in [0.717, 1.165) is 10.1 Å². The smallest absolute Gasteiger partial charge is 0.328 e. The zero-order chi connectivity index (χ0) is 21.7. The van der Waals surface area contributed by atoms with Crippen LogP contribution in [0.2, 0.25) is 0 Å². The molecule has 2 N–H and O–H groups in total. The molecule has 9 heteroatoms. The van der Waals surface area contributed by atoms with Gasteiger partial charge in [0, 0.05) is 38.4 Å². The van der Waals surface area contributed by atoms with E-state index in [1.165, 1.54) is 24.4 Å². The van der Waals surface area contributed by atoms with Crippen LogP contribution < -0.4 is 11.2 Å². The minimum atomic E-state index is -0.932. The Bertz CT molecular complexity index is 987. The molecule has 1 fully saturated rings. The molecule has 1 amide bonds. The van der Waals surface area contributed by atoms with Crippen molar-refractivity contribution in [3.63, 3.8) is 0 Å². The molecule has 0 aliphatic carbocycles. The third-order valence-corrected chi connectivity index (χ3v) is 5.40. The Morgan fingerprint density at radius 1 is 1.20 bits per heavy atom. The zero-order valence-corrected chi connectivity index (χ0v) is 17.0. The lowest BCUT2D eigenvalue weighted by Gasteiger charge is -2.31. The number of aromatic nitrogens is 2. The number of carbonyl (C=O) groups excluding carboxylic acids is 1. The lowest BCUT2D eigenvalue weighted by molar-refractivity contribution is -0.132. The molecule has 162 valence electrons. The van der Waals surface area contributed by atoms with Gasteiger partial charge >= 0.3 is 5.69 Å². The van der Waals surface area contributed by atoms with Gasteiger partial charge in [-0.05, 0) is 44.0 Å². The Hall–Kier alpha value is -2.78. The highest BCUT2D eigenvalue weighted by atomic mass is 19.1. The van der Waals surface area contributed by atoms with Crippen LogP contribution in [0.1, 0.15) is 24.8 Å². The largest absolute Gasteiger partial charge is 0.388 e. The molecular formula is C21H27FN4O4. The Kier molecular flexibility index (Phi) is 6.84. The summed E-state index contributed by atoms with van der Waals surface area (Å²) in [6.45, 7) is 1.75. The number of hydrogen-bond acceptors (Lipinski definition) is 5. The number of likely N-dealkylation sites (N-methyl/N-ethyl adjacent to an activating group) is 1. The molecular weight excluding hydrogens is 391 g/mol. The van der Waals surface area contributed by atoms with E-state index in [1.807, 2.05) is 11.9 Å². The number of aromatic amines is 1. The SMILES string of the molecule is CN(Cc1ccc(F)cc1)CC1(O)CCCN(C(=O)Cn2ccc(=O)[nH]c2=O)CC1. The van der Waals surface area contributed by atoms with E-state index in [4.69, 9.17) is 0 Å². The zero-order valence-electron chi connectivity index (χ0n) is 17.0. The van der Waals surface area contributed by atoms with E-state index in [0.29, 0.717) is 45.4 Å². The molecule has 1 aromatic heterocycles. The molecule has 3 rings (SSSR count). The normalized spacial score (nSPS) is 19.7. The van der Waals surface area contributed by atoms with E-state index in [1.54, 1.807) is 17.0 Å². The highest BCUT2D eigenvalue weighted by molar-refractivity contribution is 5.76. The number of amides is 1. The molecule has 1 aliphatic heterocycles. The van der Waals surface area contributed by atoms with Crippen LogP contribution in [0.4, 0.5) is 4.39 Å². The molecule has 1 atom stereocenters. The Morgan fingerprint density at radius 3 is 2.63 bits per heavy atom. The van der Waals surface area contributed by atoms with Crippen molar-refractivity contribution < 1.29 is 14.3 Å². The van der Waals surface area contributed by atoms with Crippen molar-refractivity contribution in [3.8, 4) is 0 Å². The maximum atomic E-state index is 13.1. The fourth-order valence-corrected chi connectivity index (χ4v) is 3.86. The third-order valence-electron chi connectivity index (χ3n) is 5.40. The number of likely N-dealkylation sites (tertiary alicyclic amines) is 1. The number of carbonyl (C=O) groups is 1. The summed E-state index contributed by atoms with van der Waals surface area (Å²) < 4.78 is 14.2. The van der Waals surface area contributed by atoms with Crippen LogP contribution in [0, 0.1) is 5.82 Å². The summed E-state index contributed by atoms with van der Waals surface area (Å²) in [5.41, 5.74) is -1.10. The minimum Gasteiger partial charge on any atom is -0.388 e. The van der Waals surface area contributed by atoms with Gasteiger partial charge in [-0.1, -0.05) is 12.1 Å². The van der Waals surface area contributed by atoms with Crippen LogP contribution in [0.15, 0.2) is 46.1 Å². The van der Waals surface area contributed by atoms with E-state index in [-0.39, 0.29) is 18.3 Å². The van der Waals surface area contributed by atoms with Gasteiger partial charge in [-0.25, -0.2) is 9.18 Å². The summed E-state index contributed by atoms with van der Waals surface area (Å²) in [5.74, 6) is -0.509. The maximum Gasteiger partial charge on any atom is 0.328 e. The first kappa shape index (κ1) is 21.9. The monoisotopic (exact) mass is 418 g/mol. The van der Waals surface area contributed by atoms with Crippen LogP contribution in [-0.4, -0.2) is 62.6 Å². The van der Waals surface area contributed by atoms with Crippen molar-refractivity contribution in [2.24, 2.45) is 0 Å². The summed E-state index contributed by atoms with van der Waals surface area (Å²) in [6.07, 6.45) is 2.93. The summed E-state index contributed by atoms with van der Waals surface area (Å²) in [4.78, 5) is 41.3. The standard InChI is InChI=1S/C21H27FN4O4/c1-24(13-16-3-5-17(22)6-4-16)15-21(30)8-2-10-25(12-9-21)19(28)14-26-11-7-18(27)23-20(26)29/h3-7,11,30H,2,8-10,12-15H2,1H3,(H,23,27,29). The molecule has 30 heavy (non-hydrogen) atoms. The highest BCUT2D eigenvalue weighted by Crippen LogP contribution is 2.24. The fourth-order valence-electron chi connectivity index (χ4n) is 3.86. The second-order valence-electron chi connectivity index (χ2n) is 8.00. The van der Waals surface area contributed by atoms with Crippen molar-refractivity contribution in [1.29, 1.82) is 0 Å².